The fraction of sp³-hybridized carbons (Fsp3) is 0.348. The smallest absolute Gasteiger partial charge is 0.265 e. The first-order valence-corrected chi connectivity index (χ1v) is 10.4. The van der Waals surface area contributed by atoms with Crippen molar-refractivity contribution in [1.82, 2.24) is 16.1 Å². The number of carbonyl (C=O) groups excluding carboxylic acids is 3. The zero-order valence-corrected chi connectivity index (χ0v) is 17.9. The van der Waals surface area contributed by atoms with E-state index in [1.807, 2.05) is 43.3 Å². The minimum Gasteiger partial charge on any atom is -0.356 e. The molecule has 0 aliphatic rings. The van der Waals surface area contributed by atoms with Crippen LogP contribution in [0, 0.1) is 6.92 Å². The molecule has 0 fully saturated rings. The van der Waals surface area contributed by atoms with Crippen molar-refractivity contribution >= 4 is 23.4 Å². The van der Waals surface area contributed by atoms with Crippen LogP contribution in [0.5, 0.6) is 0 Å². The Labute approximate surface area is 182 Å². The first-order valence-electron chi connectivity index (χ1n) is 10.4. The van der Waals surface area contributed by atoms with Gasteiger partial charge in [-0.3, -0.25) is 19.8 Å². The topological polar surface area (TPSA) is 125 Å². The number of hydrazine groups is 1. The van der Waals surface area contributed by atoms with Crippen molar-refractivity contribution in [2.75, 3.05) is 18.4 Å². The molecule has 0 radical (unpaired) electrons. The molecule has 0 atom stereocenters. The quantitative estimate of drug-likeness (QED) is 0.154. The Morgan fingerprint density at radius 3 is 2.32 bits per heavy atom. The lowest BCUT2D eigenvalue weighted by Crippen LogP contribution is -2.31. The molecule has 2 rings (SSSR count). The van der Waals surface area contributed by atoms with E-state index in [1.54, 1.807) is 12.1 Å². The van der Waals surface area contributed by atoms with Gasteiger partial charge in [0.05, 0.1) is 0 Å². The molecule has 0 aliphatic carbocycles. The van der Waals surface area contributed by atoms with E-state index in [0.717, 1.165) is 23.2 Å². The Morgan fingerprint density at radius 1 is 0.871 bits per heavy atom. The molecular weight excluding hydrogens is 394 g/mol. The van der Waals surface area contributed by atoms with Gasteiger partial charge in [-0.05, 0) is 50.1 Å². The number of nitrogens with two attached hydrogens (primary N) is 1. The predicted octanol–water partition coefficient (Wildman–Crippen LogP) is 2.00. The zero-order valence-electron chi connectivity index (χ0n) is 17.9. The Kier molecular flexibility index (Phi) is 10.2. The lowest BCUT2D eigenvalue weighted by atomic mass is 10.1. The van der Waals surface area contributed by atoms with Crippen LogP contribution >= 0.6 is 0 Å². The molecule has 6 N–H and O–H groups in total. The third kappa shape index (κ3) is 8.98. The molecule has 0 bridgehead atoms. The highest BCUT2D eigenvalue weighted by molar-refractivity contribution is 5.95. The number of nitrogen functional groups attached to an aromatic ring is 1. The van der Waals surface area contributed by atoms with Crippen LogP contribution in [0.15, 0.2) is 48.5 Å². The van der Waals surface area contributed by atoms with Crippen LogP contribution in [0.25, 0.3) is 0 Å². The highest BCUT2D eigenvalue weighted by Crippen LogP contribution is 2.10. The Morgan fingerprint density at radius 2 is 1.58 bits per heavy atom. The van der Waals surface area contributed by atoms with Gasteiger partial charge in [0.2, 0.25) is 11.8 Å². The van der Waals surface area contributed by atoms with Gasteiger partial charge in [0, 0.05) is 37.2 Å². The van der Waals surface area contributed by atoms with Crippen molar-refractivity contribution in [3.8, 4) is 0 Å². The first kappa shape index (κ1) is 24.0. The highest BCUT2D eigenvalue weighted by Gasteiger charge is 2.09. The predicted molar refractivity (Wildman–Crippen MR) is 121 cm³/mol. The fourth-order valence-electron chi connectivity index (χ4n) is 3.00. The van der Waals surface area contributed by atoms with Crippen molar-refractivity contribution < 1.29 is 14.4 Å². The summed E-state index contributed by atoms with van der Waals surface area (Å²) in [5.41, 5.74) is 5.44. The number of amides is 3. The average molecular weight is 426 g/mol. The van der Waals surface area contributed by atoms with Crippen LogP contribution in [0.1, 0.15) is 47.2 Å². The van der Waals surface area contributed by atoms with Gasteiger partial charge < -0.3 is 16.0 Å². The van der Waals surface area contributed by atoms with Gasteiger partial charge in [-0.25, -0.2) is 5.84 Å². The van der Waals surface area contributed by atoms with Crippen molar-refractivity contribution in [2.24, 2.45) is 5.84 Å². The molecule has 2 aromatic carbocycles. The van der Waals surface area contributed by atoms with E-state index in [4.69, 9.17) is 5.84 Å². The van der Waals surface area contributed by atoms with E-state index in [2.05, 4.69) is 21.4 Å². The summed E-state index contributed by atoms with van der Waals surface area (Å²) in [5.74, 6) is 4.73. The lowest BCUT2D eigenvalue weighted by molar-refractivity contribution is -0.121. The molecule has 0 aromatic heterocycles. The van der Waals surface area contributed by atoms with E-state index in [0.29, 0.717) is 44.5 Å². The number of rotatable bonds is 12. The Balaban J connectivity index is 1.54. The number of aryl methyl sites for hydroxylation is 1. The number of anilines is 1. The summed E-state index contributed by atoms with van der Waals surface area (Å²) in [6.07, 6.45) is 1.88. The van der Waals surface area contributed by atoms with E-state index in [-0.39, 0.29) is 17.7 Å². The normalized spacial score (nSPS) is 10.4. The third-order valence-electron chi connectivity index (χ3n) is 4.70. The third-order valence-corrected chi connectivity index (χ3v) is 4.70. The number of nitrogens with one attached hydrogen (secondary N) is 4. The van der Waals surface area contributed by atoms with Crippen LogP contribution in [0.4, 0.5) is 5.69 Å². The zero-order chi connectivity index (χ0) is 22.5. The second-order valence-electron chi connectivity index (χ2n) is 7.28. The van der Waals surface area contributed by atoms with Crippen molar-refractivity contribution in [3.05, 3.63) is 65.2 Å². The molecule has 0 unspecified atom stereocenters. The van der Waals surface area contributed by atoms with E-state index >= 15 is 0 Å². The highest BCUT2D eigenvalue weighted by atomic mass is 16.2. The summed E-state index contributed by atoms with van der Waals surface area (Å²) in [6.45, 7) is 3.76. The average Bonchev–Trinajstić information content (AvgIpc) is 2.77. The standard InChI is InChI=1S/C23H31N5O3/c1-17-10-12-19(13-11-17)27-22(30)9-4-8-21(29)26-15-5-14-25-16-18-6-2-3-7-20(18)23(31)28-24/h2-3,6-7,10-13,25H,4-5,8-9,14-16,24H2,1H3,(H,26,29)(H,27,30)(H,28,31). The summed E-state index contributed by atoms with van der Waals surface area (Å²) < 4.78 is 0. The monoisotopic (exact) mass is 425 g/mol. The maximum atomic E-state index is 11.9. The van der Waals surface area contributed by atoms with Gasteiger partial charge in [-0.1, -0.05) is 35.9 Å². The SMILES string of the molecule is Cc1ccc(NC(=O)CCCC(=O)NCCCNCc2ccccc2C(=O)NN)cc1. The van der Waals surface area contributed by atoms with Gasteiger partial charge in [-0.15, -0.1) is 0 Å². The maximum absolute atomic E-state index is 11.9. The van der Waals surface area contributed by atoms with Crippen molar-refractivity contribution in [1.29, 1.82) is 0 Å². The number of benzene rings is 2. The summed E-state index contributed by atoms with van der Waals surface area (Å²) >= 11 is 0. The van der Waals surface area contributed by atoms with Crippen molar-refractivity contribution in [2.45, 2.75) is 39.2 Å². The molecule has 31 heavy (non-hydrogen) atoms. The van der Waals surface area contributed by atoms with Crippen LogP contribution in [0.2, 0.25) is 0 Å². The van der Waals surface area contributed by atoms with E-state index < -0.39 is 0 Å². The summed E-state index contributed by atoms with van der Waals surface area (Å²) in [5, 5.41) is 8.94. The van der Waals surface area contributed by atoms with Crippen LogP contribution in [-0.2, 0) is 16.1 Å². The minimum absolute atomic E-state index is 0.0619. The van der Waals surface area contributed by atoms with E-state index in [9.17, 15) is 14.4 Å². The first-order chi connectivity index (χ1) is 15.0. The van der Waals surface area contributed by atoms with Crippen LogP contribution in [-0.4, -0.2) is 30.8 Å². The largest absolute Gasteiger partial charge is 0.356 e. The molecule has 8 heteroatoms. The molecule has 0 aliphatic heterocycles. The van der Waals surface area contributed by atoms with Gasteiger partial charge in [0.1, 0.15) is 0 Å². The number of hydrogen-bond donors (Lipinski definition) is 5. The molecule has 3 amide bonds. The molecule has 0 saturated heterocycles. The summed E-state index contributed by atoms with van der Waals surface area (Å²) in [7, 11) is 0. The number of hydrogen-bond acceptors (Lipinski definition) is 5. The van der Waals surface area contributed by atoms with Gasteiger partial charge in [-0.2, -0.15) is 0 Å². The molecular formula is C23H31N5O3. The Bertz CT molecular complexity index is 868. The second-order valence-corrected chi connectivity index (χ2v) is 7.28. The minimum atomic E-state index is -0.322. The van der Waals surface area contributed by atoms with Gasteiger partial charge in [0.25, 0.3) is 5.91 Å². The lowest BCUT2D eigenvalue weighted by Gasteiger charge is -2.10. The van der Waals surface area contributed by atoms with Crippen LogP contribution < -0.4 is 27.2 Å². The molecule has 0 heterocycles. The molecule has 0 saturated carbocycles. The van der Waals surface area contributed by atoms with E-state index in [1.165, 1.54) is 0 Å². The molecule has 0 spiro atoms. The van der Waals surface area contributed by atoms with Gasteiger partial charge >= 0.3 is 0 Å². The Hall–Kier alpha value is -3.23. The van der Waals surface area contributed by atoms with Gasteiger partial charge in [0.15, 0.2) is 0 Å². The summed E-state index contributed by atoms with van der Waals surface area (Å²) in [4.78, 5) is 35.6. The maximum Gasteiger partial charge on any atom is 0.265 e. The van der Waals surface area contributed by atoms with Crippen LogP contribution in [0.3, 0.4) is 0 Å². The molecule has 8 nitrogen and oxygen atoms in total. The molecule has 166 valence electrons. The fourth-order valence-corrected chi connectivity index (χ4v) is 3.00. The molecule has 2 aromatic rings. The summed E-state index contributed by atoms with van der Waals surface area (Å²) in [6, 6.07) is 14.8. The number of carbonyl (C=O) groups is 3. The second kappa shape index (κ2) is 13.1. The van der Waals surface area contributed by atoms with Crippen molar-refractivity contribution in [3.63, 3.8) is 0 Å².